The van der Waals surface area contributed by atoms with Gasteiger partial charge in [-0.25, -0.2) is 0 Å². The number of carbonyl (C=O) groups is 1. The Morgan fingerprint density at radius 1 is 1.40 bits per heavy atom. The van der Waals surface area contributed by atoms with Crippen molar-refractivity contribution in [2.75, 3.05) is 0 Å². The van der Waals surface area contributed by atoms with E-state index in [0.29, 0.717) is 17.6 Å². The molecule has 0 aliphatic heterocycles. The van der Waals surface area contributed by atoms with Crippen molar-refractivity contribution in [3.63, 3.8) is 0 Å². The Morgan fingerprint density at radius 3 is 2.60 bits per heavy atom. The Balaban J connectivity index is 2.43. The molecule has 0 amide bonds. The SMILES string of the molecule is CC(O)CCC1CC(C(C)C)CCC1=O. The summed E-state index contributed by atoms with van der Waals surface area (Å²) in [4.78, 5) is 11.7. The van der Waals surface area contributed by atoms with Crippen LogP contribution in [0.15, 0.2) is 0 Å². The van der Waals surface area contributed by atoms with Crippen molar-refractivity contribution in [2.24, 2.45) is 17.8 Å². The van der Waals surface area contributed by atoms with Gasteiger partial charge in [0, 0.05) is 12.3 Å². The minimum absolute atomic E-state index is 0.223. The lowest BCUT2D eigenvalue weighted by Gasteiger charge is -2.30. The summed E-state index contributed by atoms with van der Waals surface area (Å²) >= 11 is 0. The molecule has 1 N–H and O–H groups in total. The molecule has 0 heterocycles. The Bertz CT molecular complexity index is 209. The zero-order chi connectivity index (χ0) is 11.4. The van der Waals surface area contributed by atoms with Crippen LogP contribution in [-0.2, 0) is 4.79 Å². The number of ketones is 1. The van der Waals surface area contributed by atoms with Gasteiger partial charge in [0.15, 0.2) is 0 Å². The van der Waals surface area contributed by atoms with Gasteiger partial charge in [0.25, 0.3) is 0 Å². The highest BCUT2D eigenvalue weighted by atomic mass is 16.3. The third-order valence-corrected chi connectivity index (χ3v) is 3.68. The first-order chi connectivity index (χ1) is 7.00. The van der Waals surface area contributed by atoms with Gasteiger partial charge in [-0.05, 0) is 44.4 Å². The first-order valence-corrected chi connectivity index (χ1v) is 6.21. The van der Waals surface area contributed by atoms with E-state index >= 15 is 0 Å². The molecule has 0 radical (unpaired) electrons. The molecule has 15 heavy (non-hydrogen) atoms. The number of hydrogen-bond acceptors (Lipinski definition) is 2. The van der Waals surface area contributed by atoms with Crippen molar-refractivity contribution in [1.82, 2.24) is 0 Å². The van der Waals surface area contributed by atoms with Gasteiger partial charge >= 0.3 is 0 Å². The molecule has 1 fully saturated rings. The predicted octanol–water partition coefficient (Wildman–Crippen LogP) is 2.79. The standard InChI is InChI=1S/C13H24O2/c1-9(2)11-6-7-13(15)12(8-11)5-4-10(3)14/h9-12,14H,4-8H2,1-3H3. The van der Waals surface area contributed by atoms with Gasteiger partial charge in [0.1, 0.15) is 5.78 Å². The topological polar surface area (TPSA) is 37.3 Å². The number of carbonyl (C=O) groups excluding carboxylic acids is 1. The van der Waals surface area contributed by atoms with Crippen LogP contribution in [0.1, 0.15) is 52.9 Å². The molecule has 0 spiro atoms. The second-order valence-electron chi connectivity index (χ2n) is 5.37. The quantitative estimate of drug-likeness (QED) is 0.778. The molecule has 1 aliphatic rings. The van der Waals surface area contributed by atoms with E-state index in [1.54, 1.807) is 6.92 Å². The van der Waals surface area contributed by atoms with Crippen LogP contribution in [0.4, 0.5) is 0 Å². The van der Waals surface area contributed by atoms with Gasteiger partial charge in [-0.3, -0.25) is 4.79 Å². The number of Topliss-reactive ketones (excluding diaryl/α,β-unsaturated/α-hetero) is 1. The maximum Gasteiger partial charge on any atom is 0.135 e. The summed E-state index contributed by atoms with van der Waals surface area (Å²) in [7, 11) is 0. The number of hydrogen-bond donors (Lipinski definition) is 1. The average molecular weight is 212 g/mol. The van der Waals surface area contributed by atoms with Gasteiger partial charge in [0.05, 0.1) is 6.10 Å². The van der Waals surface area contributed by atoms with Crippen LogP contribution in [0.2, 0.25) is 0 Å². The predicted molar refractivity (Wildman–Crippen MR) is 61.6 cm³/mol. The molecule has 0 aromatic carbocycles. The largest absolute Gasteiger partial charge is 0.393 e. The van der Waals surface area contributed by atoms with Crippen LogP contribution >= 0.6 is 0 Å². The second kappa shape index (κ2) is 5.64. The molecule has 1 rings (SSSR count). The van der Waals surface area contributed by atoms with E-state index in [1.165, 1.54) is 0 Å². The first-order valence-electron chi connectivity index (χ1n) is 6.21. The molecule has 1 aliphatic carbocycles. The maximum absolute atomic E-state index is 11.7. The van der Waals surface area contributed by atoms with Crippen molar-refractivity contribution in [2.45, 2.75) is 59.0 Å². The number of aliphatic hydroxyl groups excluding tert-OH is 1. The summed E-state index contributed by atoms with van der Waals surface area (Å²) in [5.41, 5.74) is 0. The Kier molecular flexibility index (Phi) is 4.78. The summed E-state index contributed by atoms with van der Waals surface area (Å²) in [5.74, 6) is 2.04. The maximum atomic E-state index is 11.7. The van der Waals surface area contributed by atoms with Crippen LogP contribution in [0.5, 0.6) is 0 Å². The van der Waals surface area contributed by atoms with Crippen molar-refractivity contribution < 1.29 is 9.90 Å². The lowest BCUT2D eigenvalue weighted by Crippen LogP contribution is -2.28. The van der Waals surface area contributed by atoms with E-state index in [-0.39, 0.29) is 12.0 Å². The molecule has 88 valence electrons. The zero-order valence-electron chi connectivity index (χ0n) is 10.2. The zero-order valence-corrected chi connectivity index (χ0v) is 10.2. The van der Waals surface area contributed by atoms with E-state index in [0.717, 1.165) is 32.1 Å². The molecular weight excluding hydrogens is 188 g/mol. The molecule has 0 aromatic heterocycles. The molecule has 0 aromatic rings. The van der Waals surface area contributed by atoms with Gasteiger partial charge in [-0.2, -0.15) is 0 Å². The summed E-state index contributed by atoms with van der Waals surface area (Å²) in [6, 6.07) is 0. The molecular formula is C13H24O2. The lowest BCUT2D eigenvalue weighted by atomic mass is 9.74. The van der Waals surface area contributed by atoms with Gasteiger partial charge in [-0.1, -0.05) is 13.8 Å². The van der Waals surface area contributed by atoms with Gasteiger partial charge in [0.2, 0.25) is 0 Å². The fourth-order valence-electron chi connectivity index (χ4n) is 2.47. The third kappa shape index (κ3) is 3.94. The monoisotopic (exact) mass is 212 g/mol. The summed E-state index contributed by atoms with van der Waals surface area (Å²) in [6.07, 6.45) is 4.25. The summed E-state index contributed by atoms with van der Waals surface area (Å²) in [5, 5.41) is 9.23. The summed E-state index contributed by atoms with van der Waals surface area (Å²) in [6.45, 7) is 6.28. The highest BCUT2D eigenvalue weighted by molar-refractivity contribution is 5.81. The molecule has 2 nitrogen and oxygen atoms in total. The molecule has 1 saturated carbocycles. The molecule has 2 heteroatoms. The lowest BCUT2D eigenvalue weighted by molar-refractivity contribution is -0.126. The van der Waals surface area contributed by atoms with Crippen molar-refractivity contribution in [3.8, 4) is 0 Å². The van der Waals surface area contributed by atoms with Gasteiger partial charge < -0.3 is 5.11 Å². The Morgan fingerprint density at radius 2 is 2.07 bits per heavy atom. The molecule has 3 atom stereocenters. The minimum atomic E-state index is -0.266. The van der Waals surface area contributed by atoms with Crippen molar-refractivity contribution in [3.05, 3.63) is 0 Å². The van der Waals surface area contributed by atoms with E-state index < -0.39 is 0 Å². The molecule has 3 unspecified atom stereocenters. The van der Waals surface area contributed by atoms with Crippen molar-refractivity contribution >= 4 is 5.78 Å². The molecule has 0 saturated heterocycles. The van der Waals surface area contributed by atoms with E-state index in [1.807, 2.05) is 0 Å². The summed E-state index contributed by atoms with van der Waals surface area (Å²) < 4.78 is 0. The number of aliphatic hydroxyl groups is 1. The Labute approximate surface area is 93.1 Å². The van der Waals surface area contributed by atoms with Crippen LogP contribution < -0.4 is 0 Å². The fourth-order valence-corrected chi connectivity index (χ4v) is 2.47. The van der Waals surface area contributed by atoms with Crippen LogP contribution in [0, 0.1) is 17.8 Å². The van der Waals surface area contributed by atoms with Crippen LogP contribution in [-0.4, -0.2) is 17.0 Å². The van der Waals surface area contributed by atoms with Gasteiger partial charge in [-0.15, -0.1) is 0 Å². The van der Waals surface area contributed by atoms with Crippen LogP contribution in [0.3, 0.4) is 0 Å². The third-order valence-electron chi connectivity index (χ3n) is 3.68. The van der Waals surface area contributed by atoms with E-state index in [2.05, 4.69) is 13.8 Å². The van der Waals surface area contributed by atoms with Crippen molar-refractivity contribution in [1.29, 1.82) is 0 Å². The molecule has 0 bridgehead atoms. The smallest absolute Gasteiger partial charge is 0.135 e. The van der Waals surface area contributed by atoms with E-state index in [4.69, 9.17) is 0 Å². The normalized spacial score (nSPS) is 29.5. The first kappa shape index (κ1) is 12.7. The highest BCUT2D eigenvalue weighted by Gasteiger charge is 2.29. The Hall–Kier alpha value is -0.370. The number of rotatable bonds is 4. The highest BCUT2D eigenvalue weighted by Crippen LogP contribution is 2.33. The van der Waals surface area contributed by atoms with E-state index in [9.17, 15) is 9.90 Å². The van der Waals surface area contributed by atoms with Crippen LogP contribution in [0.25, 0.3) is 0 Å². The average Bonchev–Trinajstić information content (AvgIpc) is 2.16. The fraction of sp³-hybridized carbons (Fsp3) is 0.923. The second-order valence-corrected chi connectivity index (χ2v) is 5.37. The minimum Gasteiger partial charge on any atom is -0.393 e.